The van der Waals surface area contributed by atoms with Gasteiger partial charge in [-0.3, -0.25) is 14.5 Å². The van der Waals surface area contributed by atoms with Gasteiger partial charge in [0, 0.05) is 52.7 Å². The van der Waals surface area contributed by atoms with Crippen LogP contribution < -0.4 is 19.9 Å². The second-order valence-electron chi connectivity index (χ2n) is 10.9. The number of ether oxygens (including phenoxy) is 1. The molecular formula is C32H31Cl2N5O3. The summed E-state index contributed by atoms with van der Waals surface area (Å²) < 4.78 is 7.82. The fourth-order valence-electron chi connectivity index (χ4n) is 6.11. The molecular weight excluding hydrogens is 573 g/mol. The number of anilines is 3. The van der Waals surface area contributed by atoms with Gasteiger partial charge in [0.2, 0.25) is 0 Å². The van der Waals surface area contributed by atoms with E-state index in [-0.39, 0.29) is 17.6 Å². The molecule has 8 nitrogen and oxygen atoms in total. The van der Waals surface area contributed by atoms with Gasteiger partial charge in [0.25, 0.3) is 11.8 Å². The molecule has 216 valence electrons. The van der Waals surface area contributed by atoms with Crippen molar-refractivity contribution in [2.75, 3.05) is 35.8 Å². The van der Waals surface area contributed by atoms with E-state index in [1.807, 2.05) is 56.7 Å². The number of benzene rings is 3. The molecule has 1 N–H and O–H groups in total. The highest BCUT2D eigenvalue weighted by molar-refractivity contribution is 6.32. The number of halogens is 2. The van der Waals surface area contributed by atoms with Gasteiger partial charge in [0.05, 0.1) is 24.1 Å². The zero-order chi connectivity index (χ0) is 30.1. The molecule has 3 aromatic carbocycles. The lowest BCUT2D eigenvalue weighted by atomic mass is 9.86. The number of aryl methyl sites for hydroxylation is 1. The summed E-state index contributed by atoms with van der Waals surface area (Å²) in [5.74, 6) is 0.398. The molecule has 1 atom stereocenters. The van der Waals surface area contributed by atoms with Crippen LogP contribution in [0.1, 0.15) is 54.1 Å². The van der Waals surface area contributed by atoms with Crippen molar-refractivity contribution < 1.29 is 14.3 Å². The Morgan fingerprint density at radius 2 is 1.76 bits per heavy atom. The van der Waals surface area contributed by atoms with Gasteiger partial charge < -0.3 is 19.5 Å². The minimum Gasteiger partial charge on any atom is -0.496 e. The van der Waals surface area contributed by atoms with Gasteiger partial charge >= 0.3 is 0 Å². The fraction of sp³-hybridized carbons (Fsp3) is 0.281. The van der Waals surface area contributed by atoms with E-state index in [4.69, 9.17) is 32.9 Å². The molecule has 2 aliphatic heterocycles. The second kappa shape index (κ2) is 10.1. The summed E-state index contributed by atoms with van der Waals surface area (Å²) in [6.07, 6.45) is 0. The number of methoxy groups -OCH3 is 1. The van der Waals surface area contributed by atoms with E-state index in [1.54, 1.807) is 42.3 Å². The summed E-state index contributed by atoms with van der Waals surface area (Å²) in [5.41, 5.74) is 3.34. The third kappa shape index (κ3) is 3.85. The van der Waals surface area contributed by atoms with Crippen LogP contribution in [0.2, 0.25) is 10.0 Å². The lowest BCUT2D eigenvalue weighted by molar-refractivity contribution is -0.119. The summed E-state index contributed by atoms with van der Waals surface area (Å²) in [6, 6.07) is 16.3. The van der Waals surface area contributed by atoms with Crippen molar-refractivity contribution in [1.29, 1.82) is 0 Å². The van der Waals surface area contributed by atoms with Gasteiger partial charge in [0.1, 0.15) is 11.6 Å². The molecule has 0 fully saturated rings. The third-order valence-corrected chi connectivity index (χ3v) is 8.68. The molecule has 1 aromatic heterocycles. The number of nitrogens with one attached hydrogen (secondary N) is 1. The number of nitrogens with zero attached hydrogens (tertiary/aromatic N) is 4. The van der Waals surface area contributed by atoms with Crippen molar-refractivity contribution in [3.8, 4) is 17.1 Å². The number of hydrogen-bond acceptors (Lipinski definition) is 5. The maximum Gasteiger partial charge on any atom is 0.280 e. The van der Waals surface area contributed by atoms with Crippen molar-refractivity contribution in [3.63, 3.8) is 0 Å². The van der Waals surface area contributed by atoms with Gasteiger partial charge in [-0.1, -0.05) is 35.3 Å². The highest BCUT2D eigenvalue weighted by atomic mass is 35.5. The first kappa shape index (κ1) is 28.1. The average Bonchev–Trinajstić information content (AvgIpc) is 3.57. The van der Waals surface area contributed by atoms with Gasteiger partial charge in [-0.25, -0.2) is 4.98 Å². The molecule has 2 amide bonds. The van der Waals surface area contributed by atoms with Crippen molar-refractivity contribution in [3.05, 3.63) is 87.2 Å². The Kier molecular flexibility index (Phi) is 6.74. The molecule has 0 saturated heterocycles. The number of aromatic nitrogens is 2. The monoisotopic (exact) mass is 603 g/mol. The highest BCUT2D eigenvalue weighted by Gasteiger charge is 2.64. The molecule has 0 bridgehead atoms. The minimum absolute atomic E-state index is 0.173. The van der Waals surface area contributed by atoms with Crippen molar-refractivity contribution in [2.45, 2.75) is 39.3 Å². The van der Waals surface area contributed by atoms with E-state index in [1.165, 1.54) is 0 Å². The first-order chi connectivity index (χ1) is 20.0. The van der Waals surface area contributed by atoms with Crippen LogP contribution >= 0.6 is 23.2 Å². The Morgan fingerprint density at radius 3 is 2.45 bits per heavy atom. The third-order valence-electron chi connectivity index (χ3n) is 8.21. The molecule has 0 saturated carbocycles. The number of amides is 2. The Bertz CT molecular complexity index is 1780. The molecule has 0 radical (unpaired) electrons. The topological polar surface area (TPSA) is 79.7 Å². The smallest absolute Gasteiger partial charge is 0.280 e. The summed E-state index contributed by atoms with van der Waals surface area (Å²) in [7, 11) is 3.63. The molecule has 2 aliphatic rings. The van der Waals surface area contributed by atoms with Crippen LogP contribution in [0.25, 0.3) is 11.4 Å². The maximum atomic E-state index is 14.6. The van der Waals surface area contributed by atoms with Gasteiger partial charge in [0.15, 0.2) is 11.2 Å². The van der Waals surface area contributed by atoms with Gasteiger partial charge in [-0.15, -0.1) is 0 Å². The van der Waals surface area contributed by atoms with Crippen LogP contribution in [0, 0.1) is 6.92 Å². The Labute approximate surface area is 254 Å². The average molecular weight is 605 g/mol. The predicted molar refractivity (Wildman–Crippen MR) is 167 cm³/mol. The van der Waals surface area contributed by atoms with Crippen molar-refractivity contribution >= 4 is 52.1 Å². The van der Waals surface area contributed by atoms with Crippen LogP contribution in [0.4, 0.5) is 17.1 Å². The molecule has 6 rings (SSSR count). The van der Waals surface area contributed by atoms with Crippen molar-refractivity contribution in [2.24, 2.45) is 0 Å². The molecule has 3 heterocycles. The van der Waals surface area contributed by atoms with Crippen LogP contribution in [0.5, 0.6) is 5.75 Å². The van der Waals surface area contributed by atoms with E-state index in [0.29, 0.717) is 44.3 Å². The SMILES string of the molecule is CCN(C)c1ccc(-c2nc3c(n2C(C)C)[C@]2(C(=O)Nc4cc(Cl)ccc42)N(c2cc(Cl)ccc2C)C3=O)c(OC)c1. The quantitative estimate of drug-likeness (QED) is 0.255. The molecule has 4 aromatic rings. The van der Waals surface area contributed by atoms with E-state index < -0.39 is 11.4 Å². The fourth-order valence-corrected chi connectivity index (χ4v) is 6.45. The summed E-state index contributed by atoms with van der Waals surface area (Å²) in [5, 5.41) is 3.93. The number of carbonyl (C=O) groups excluding carboxylic acids is 2. The van der Waals surface area contributed by atoms with E-state index in [9.17, 15) is 9.59 Å². The standard InChI is InChI=1S/C32H31Cl2N5O3/c1-7-37(5)21-11-12-22(26(16-21)42-6)29-36-27-28(38(29)17(2)3)32(23-13-10-19(33)14-24(23)35-31(32)41)39(30(27)40)25-15-20(34)9-8-18(25)4/h8-17H,7H2,1-6H3,(H,35,41)/t32-/m1/s1. The first-order valence-electron chi connectivity index (χ1n) is 13.8. The van der Waals surface area contributed by atoms with Crippen LogP contribution in [0.15, 0.2) is 54.6 Å². The Hall–Kier alpha value is -4.01. The number of carbonyl (C=O) groups is 2. The number of imidazole rings is 1. The van der Waals surface area contributed by atoms with E-state index in [2.05, 4.69) is 17.1 Å². The van der Waals surface area contributed by atoms with Crippen LogP contribution in [0.3, 0.4) is 0 Å². The lowest BCUT2D eigenvalue weighted by Crippen LogP contribution is -2.51. The molecule has 0 aliphatic carbocycles. The van der Waals surface area contributed by atoms with E-state index >= 15 is 0 Å². The first-order valence-corrected chi connectivity index (χ1v) is 14.5. The van der Waals surface area contributed by atoms with Gasteiger partial charge in [-0.2, -0.15) is 0 Å². The number of hydrogen-bond donors (Lipinski definition) is 1. The van der Waals surface area contributed by atoms with Crippen molar-refractivity contribution in [1.82, 2.24) is 9.55 Å². The molecule has 1 spiro atoms. The number of rotatable bonds is 6. The van der Waals surface area contributed by atoms with Crippen LogP contribution in [-0.4, -0.2) is 42.1 Å². The largest absolute Gasteiger partial charge is 0.496 e. The zero-order valence-corrected chi connectivity index (χ0v) is 25.8. The normalized spacial score (nSPS) is 17.2. The zero-order valence-electron chi connectivity index (χ0n) is 24.3. The molecule has 10 heteroatoms. The molecule has 0 unspecified atom stereocenters. The van der Waals surface area contributed by atoms with Gasteiger partial charge in [-0.05, 0) is 69.7 Å². The number of fused-ring (bicyclic) bond motifs is 4. The second-order valence-corrected chi connectivity index (χ2v) is 11.8. The Morgan fingerprint density at radius 1 is 1.05 bits per heavy atom. The summed E-state index contributed by atoms with van der Waals surface area (Å²) >= 11 is 12.8. The van der Waals surface area contributed by atoms with E-state index in [0.717, 1.165) is 23.4 Å². The maximum absolute atomic E-state index is 14.6. The lowest BCUT2D eigenvalue weighted by Gasteiger charge is -2.36. The molecule has 42 heavy (non-hydrogen) atoms. The summed E-state index contributed by atoms with van der Waals surface area (Å²) in [6.45, 7) is 8.81. The van der Waals surface area contributed by atoms with Crippen LogP contribution in [-0.2, 0) is 10.3 Å². The summed E-state index contributed by atoms with van der Waals surface area (Å²) in [4.78, 5) is 37.6. The highest BCUT2D eigenvalue weighted by Crippen LogP contribution is 2.55. The predicted octanol–water partition coefficient (Wildman–Crippen LogP) is 7.07. The Balaban J connectivity index is 1.70. The minimum atomic E-state index is -1.55.